The van der Waals surface area contributed by atoms with E-state index in [1.54, 1.807) is 0 Å². The van der Waals surface area contributed by atoms with E-state index in [4.69, 9.17) is 4.74 Å². The molecule has 1 atom stereocenters. The van der Waals surface area contributed by atoms with Crippen LogP contribution in [0.4, 0.5) is 32.0 Å². The van der Waals surface area contributed by atoms with E-state index in [1.165, 1.54) is 18.2 Å². The smallest absolute Gasteiger partial charge is 0.416 e. The summed E-state index contributed by atoms with van der Waals surface area (Å²) < 4.78 is 119. The van der Waals surface area contributed by atoms with Gasteiger partial charge in [0.25, 0.3) is 10.0 Å². The van der Waals surface area contributed by atoms with Crippen molar-refractivity contribution < 1.29 is 54.1 Å². The van der Waals surface area contributed by atoms with Crippen LogP contribution >= 0.6 is 0 Å². The van der Waals surface area contributed by atoms with Gasteiger partial charge >= 0.3 is 18.8 Å². The number of sulfonamides is 1. The number of alkyl halides is 5. The van der Waals surface area contributed by atoms with Gasteiger partial charge in [0.05, 0.1) is 28.6 Å². The van der Waals surface area contributed by atoms with Crippen LogP contribution in [0, 0.1) is 17.7 Å². The summed E-state index contributed by atoms with van der Waals surface area (Å²) in [7, 11) is -4.63. The van der Waals surface area contributed by atoms with E-state index in [2.05, 4.69) is 4.74 Å². The molecule has 1 aliphatic carbocycles. The maximum atomic E-state index is 14.2. The summed E-state index contributed by atoms with van der Waals surface area (Å²) in [6.07, 6.45) is -5.16. The number of hydrogen-bond donors (Lipinski definition) is 1. The fourth-order valence-electron chi connectivity index (χ4n) is 4.95. The molecule has 14 heteroatoms. The molecular formula is C27H21F6NO6S. The standard InChI is InChI=1S/C27H21F6NO6S/c28-19-8-15(9-20(12-19)39-26(29)30)14-4-5-23-22(10-14)34(13-24(40-23)16-6-17(7-16)25(35)36)41(37,38)21-3-1-2-18(11-21)27(31,32)33/h1-5,8-12,16-17,24,26H,6-7,13H2,(H,35,36)/t16?,17?,24-/m1/s1. The van der Waals surface area contributed by atoms with Gasteiger partial charge in [-0.05, 0) is 72.4 Å². The predicted molar refractivity (Wildman–Crippen MR) is 133 cm³/mol. The van der Waals surface area contributed by atoms with Gasteiger partial charge in [0.2, 0.25) is 0 Å². The van der Waals surface area contributed by atoms with Gasteiger partial charge in [0, 0.05) is 6.07 Å². The van der Waals surface area contributed by atoms with Gasteiger partial charge in [-0.25, -0.2) is 12.8 Å². The van der Waals surface area contributed by atoms with Gasteiger partial charge < -0.3 is 14.6 Å². The Morgan fingerprint density at radius 2 is 1.76 bits per heavy atom. The monoisotopic (exact) mass is 601 g/mol. The molecule has 0 unspecified atom stereocenters. The molecule has 0 radical (unpaired) electrons. The molecule has 0 aromatic heterocycles. The first-order chi connectivity index (χ1) is 19.2. The number of hydrogen-bond acceptors (Lipinski definition) is 5. The molecule has 1 heterocycles. The highest BCUT2D eigenvalue weighted by Crippen LogP contribution is 2.46. The van der Waals surface area contributed by atoms with Crippen molar-refractivity contribution in [3.8, 4) is 22.6 Å². The van der Waals surface area contributed by atoms with E-state index in [-0.39, 0.29) is 47.9 Å². The Balaban J connectivity index is 1.58. The topological polar surface area (TPSA) is 93.1 Å². The van der Waals surface area contributed by atoms with Crippen molar-refractivity contribution in [2.45, 2.75) is 36.6 Å². The molecule has 1 aliphatic heterocycles. The van der Waals surface area contributed by atoms with Crippen LogP contribution in [0.25, 0.3) is 11.1 Å². The molecule has 1 N–H and O–H groups in total. The van der Waals surface area contributed by atoms with Gasteiger partial charge in [0.15, 0.2) is 0 Å². The molecule has 2 aliphatic rings. The summed E-state index contributed by atoms with van der Waals surface area (Å²) in [6.45, 7) is -3.56. The Labute approximate surface area is 230 Å². The quantitative estimate of drug-likeness (QED) is 0.325. The van der Waals surface area contributed by atoms with E-state index in [0.29, 0.717) is 6.07 Å². The number of aliphatic carboxylic acids is 1. The van der Waals surface area contributed by atoms with Crippen LogP contribution in [0.15, 0.2) is 65.6 Å². The van der Waals surface area contributed by atoms with Crippen molar-refractivity contribution in [3.63, 3.8) is 0 Å². The average molecular weight is 602 g/mol. The number of nitrogens with zero attached hydrogens (tertiary/aromatic N) is 1. The lowest BCUT2D eigenvalue weighted by Gasteiger charge is -2.43. The minimum atomic E-state index is -4.81. The molecule has 1 saturated carbocycles. The minimum Gasteiger partial charge on any atom is -0.486 e. The Morgan fingerprint density at radius 3 is 2.41 bits per heavy atom. The second-order valence-electron chi connectivity index (χ2n) is 9.72. The predicted octanol–water partition coefficient (Wildman–Crippen LogP) is 6.18. The van der Waals surface area contributed by atoms with E-state index in [1.807, 2.05) is 0 Å². The first-order valence-electron chi connectivity index (χ1n) is 12.2. The lowest BCUT2D eigenvalue weighted by atomic mass is 9.72. The zero-order valence-corrected chi connectivity index (χ0v) is 21.6. The first-order valence-corrected chi connectivity index (χ1v) is 13.7. The molecule has 0 spiro atoms. The van der Waals surface area contributed by atoms with Crippen molar-refractivity contribution in [2.24, 2.45) is 11.8 Å². The number of carboxylic acids is 1. The summed E-state index contributed by atoms with van der Waals surface area (Å²) >= 11 is 0. The van der Waals surface area contributed by atoms with Crippen molar-refractivity contribution >= 4 is 21.7 Å². The Kier molecular flexibility index (Phi) is 7.30. The normalized spacial score (nSPS) is 20.7. The summed E-state index contributed by atoms with van der Waals surface area (Å²) in [5.41, 5.74) is -1.01. The van der Waals surface area contributed by atoms with Gasteiger partial charge in [-0.15, -0.1) is 0 Å². The van der Waals surface area contributed by atoms with E-state index in [9.17, 15) is 44.7 Å². The third-order valence-corrected chi connectivity index (χ3v) is 8.86. The molecule has 7 nitrogen and oxygen atoms in total. The van der Waals surface area contributed by atoms with E-state index in [0.717, 1.165) is 40.7 Å². The number of anilines is 1. The summed E-state index contributed by atoms with van der Waals surface area (Å²) in [6, 6.07) is 10.2. The second-order valence-corrected chi connectivity index (χ2v) is 11.6. The van der Waals surface area contributed by atoms with Crippen LogP contribution in [0.1, 0.15) is 18.4 Å². The van der Waals surface area contributed by atoms with E-state index >= 15 is 0 Å². The molecule has 0 bridgehead atoms. The number of halogens is 6. The van der Waals surface area contributed by atoms with Crippen LogP contribution in [-0.4, -0.2) is 38.8 Å². The van der Waals surface area contributed by atoms with Crippen LogP contribution in [0.5, 0.6) is 11.5 Å². The maximum absolute atomic E-state index is 14.2. The number of benzene rings is 3. The van der Waals surface area contributed by atoms with Gasteiger partial charge in [-0.1, -0.05) is 12.1 Å². The molecule has 3 aromatic rings. The van der Waals surface area contributed by atoms with Gasteiger partial charge in [-0.2, -0.15) is 22.0 Å². The zero-order valence-electron chi connectivity index (χ0n) is 20.8. The molecular weight excluding hydrogens is 580 g/mol. The number of fused-ring (bicyclic) bond motifs is 1. The summed E-state index contributed by atoms with van der Waals surface area (Å²) in [4.78, 5) is 10.7. The highest BCUT2D eigenvalue weighted by Gasteiger charge is 2.45. The molecule has 3 aromatic carbocycles. The van der Waals surface area contributed by atoms with Gasteiger partial charge in [-0.3, -0.25) is 9.10 Å². The SMILES string of the molecule is O=C(O)C1CC([C@H]2CN(S(=O)(=O)c3cccc(C(F)(F)F)c3)c3cc(-c4cc(F)cc(OC(F)F)c4)ccc3O2)C1. The third kappa shape index (κ3) is 5.78. The molecule has 0 saturated heterocycles. The van der Waals surface area contributed by atoms with Crippen molar-refractivity contribution in [1.29, 1.82) is 0 Å². The largest absolute Gasteiger partial charge is 0.486 e. The van der Waals surface area contributed by atoms with E-state index < -0.39 is 62.8 Å². The van der Waals surface area contributed by atoms with Crippen LogP contribution in [-0.2, 0) is 21.0 Å². The number of carbonyl (C=O) groups is 1. The fourth-order valence-corrected chi connectivity index (χ4v) is 6.48. The Hall–Kier alpha value is -3.94. The lowest BCUT2D eigenvalue weighted by molar-refractivity contribution is -0.147. The van der Waals surface area contributed by atoms with Crippen molar-refractivity contribution in [2.75, 3.05) is 10.8 Å². The molecule has 218 valence electrons. The average Bonchev–Trinajstić information content (AvgIpc) is 2.85. The third-order valence-electron chi connectivity index (χ3n) is 7.08. The molecule has 41 heavy (non-hydrogen) atoms. The number of rotatable bonds is 7. The van der Waals surface area contributed by atoms with Crippen molar-refractivity contribution in [3.05, 3.63) is 72.0 Å². The molecule has 0 amide bonds. The second kappa shape index (κ2) is 10.5. The fraction of sp³-hybridized carbons (Fsp3) is 0.296. The summed E-state index contributed by atoms with van der Waals surface area (Å²) in [5, 5.41) is 9.24. The maximum Gasteiger partial charge on any atom is 0.416 e. The lowest BCUT2D eigenvalue weighted by Crippen LogP contribution is -2.50. The van der Waals surface area contributed by atoms with Crippen molar-refractivity contribution in [1.82, 2.24) is 0 Å². The highest BCUT2D eigenvalue weighted by molar-refractivity contribution is 7.92. The van der Waals surface area contributed by atoms with Crippen LogP contribution in [0.2, 0.25) is 0 Å². The zero-order chi connectivity index (χ0) is 29.7. The number of carboxylic acid groups (broad SMARTS) is 1. The van der Waals surface area contributed by atoms with Gasteiger partial charge in [0.1, 0.15) is 23.4 Å². The van der Waals surface area contributed by atoms with Crippen LogP contribution < -0.4 is 13.8 Å². The number of ether oxygens (including phenoxy) is 2. The molecule has 1 fully saturated rings. The highest BCUT2D eigenvalue weighted by atomic mass is 32.2. The Morgan fingerprint density at radius 1 is 1.02 bits per heavy atom. The first kappa shape index (κ1) is 28.6. The molecule has 5 rings (SSSR count). The Bertz CT molecular complexity index is 1590. The summed E-state index contributed by atoms with van der Waals surface area (Å²) in [5.74, 6) is -3.30. The van der Waals surface area contributed by atoms with Crippen LogP contribution in [0.3, 0.4) is 0 Å². The minimum absolute atomic E-state index is 0.0415.